The zero-order chi connectivity index (χ0) is 12.9. The Balaban J connectivity index is 2.64. The number of nitrogens with zero attached hydrogens (tertiary/aromatic N) is 3. The average Bonchev–Trinajstić information content (AvgIpc) is 2.60. The van der Waals surface area contributed by atoms with Crippen molar-refractivity contribution in [1.29, 1.82) is 0 Å². The van der Waals surface area contributed by atoms with E-state index < -0.39 is 37.3 Å². The zero-order valence-corrected chi connectivity index (χ0v) is 9.01. The maximum atomic E-state index is 9.69. The summed E-state index contributed by atoms with van der Waals surface area (Å²) in [5, 5.41) is 40.5. The molecular weight excluding hydrogens is 234 g/mol. The van der Waals surface area contributed by atoms with Gasteiger partial charge in [-0.05, 0) is 5.53 Å². The summed E-state index contributed by atoms with van der Waals surface area (Å²) in [7, 11) is 0. The first-order valence-corrected chi connectivity index (χ1v) is 5.01. The lowest BCUT2D eigenvalue weighted by molar-refractivity contribution is -0.274. The van der Waals surface area contributed by atoms with Gasteiger partial charge >= 0.3 is 0 Å². The van der Waals surface area contributed by atoms with Crippen molar-refractivity contribution in [2.75, 3.05) is 26.4 Å². The molecule has 1 rings (SSSR count). The number of aliphatic hydroxyl groups is 4. The average molecular weight is 249 g/mol. The number of aliphatic hydroxyl groups excluding tert-OH is 4. The Morgan fingerprint density at radius 2 is 2.12 bits per heavy atom. The minimum absolute atomic E-state index is 0.00574. The molecule has 0 aromatic carbocycles. The second kappa shape index (κ2) is 6.12. The van der Waals surface area contributed by atoms with Crippen LogP contribution in [0.4, 0.5) is 0 Å². The summed E-state index contributed by atoms with van der Waals surface area (Å²) in [4.78, 5) is 2.50. The summed E-state index contributed by atoms with van der Waals surface area (Å²) >= 11 is 0. The van der Waals surface area contributed by atoms with Gasteiger partial charge in [-0.3, -0.25) is 0 Å². The van der Waals surface area contributed by atoms with Gasteiger partial charge in [-0.2, -0.15) is 0 Å². The van der Waals surface area contributed by atoms with E-state index in [2.05, 4.69) is 10.0 Å². The molecule has 4 atom stereocenters. The lowest BCUT2D eigenvalue weighted by Gasteiger charge is -2.29. The van der Waals surface area contributed by atoms with Crippen LogP contribution in [0.2, 0.25) is 0 Å². The van der Waals surface area contributed by atoms with Gasteiger partial charge in [-0.25, -0.2) is 0 Å². The van der Waals surface area contributed by atoms with Crippen LogP contribution in [0, 0.1) is 0 Å². The molecule has 1 aliphatic rings. The van der Waals surface area contributed by atoms with Gasteiger partial charge in [0.1, 0.15) is 24.9 Å². The second-order valence-corrected chi connectivity index (χ2v) is 3.55. The summed E-state index contributed by atoms with van der Waals surface area (Å²) < 4.78 is 10.2. The first-order chi connectivity index (χ1) is 8.11. The normalized spacial score (nSPS) is 36.8. The van der Waals surface area contributed by atoms with E-state index in [1.807, 2.05) is 0 Å². The van der Waals surface area contributed by atoms with E-state index in [1.54, 1.807) is 0 Å². The molecule has 0 radical (unpaired) electrons. The maximum absolute atomic E-state index is 9.69. The van der Waals surface area contributed by atoms with Gasteiger partial charge in [0.2, 0.25) is 5.79 Å². The third-order valence-electron chi connectivity index (χ3n) is 2.51. The van der Waals surface area contributed by atoms with Crippen LogP contribution in [0.3, 0.4) is 0 Å². The van der Waals surface area contributed by atoms with Crippen molar-refractivity contribution < 1.29 is 29.9 Å². The standard InChI is InChI=1S/C8H15N3O6/c9-11-10-1-2-16-8(4-13)7(15)6(14)5(3-12)17-8/h5-7,12-15H,1-4H2. The van der Waals surface area contributed by atoms with Crippen LogP contribution in [-0.4, -0.2) is 70.9 Å². The van der Waals surface area contributed by atoms with Gasteiger partial charge in [-0.15, -0.1) is 0 Å². The van der Waals surface area contributed by atoms with Gasteiger partial charge < -0.3 is 29.9 Å². The maximum Gasteiger partial charge on any atom is 0.221 e. The molecule has 0 spiro atoms. The number of hydrogen-bond donors (Lipinski definition) is 4. The molecule has 0 saturated carbocycles. The molecule has 1 fully saturated rings. The van der Waals surface area contributed by atoms with Gasteiger partial charge in [0.15, 0.2) is 0 Å². The van der Waals surface area contributed by atoms with E-state index in [4.69, 9.17) is 25.2 Å². The topological polar surface area (TPSA) is 148 Å². The van der Waals surface area contributed by atoms with Crippen LogP contribution in [0.5, 0.6) is 0 Å². The Labute approximate surface area is 96.8 Å². The van der Waals surface area contributed by atoms with Crippen molar-refractivity contribution in [3.63, 3.8) is 0 Å². The Bertz CT molecular complexity index is 297. The molecule has 0 aromatic heterocycles. The minimum Gasteiger partial charge on any atom is -0.394 e. The quantitative estimate of drug-likeness (QED) is 0.187. The fourth-order valence-corrected chi connectivity index (χ4v) is 1.60. The first kappa shape index (κ1) is 14.1. The summed E-state index contributed by atoms with van der Waals surface area (Å²) in [6.07, 6.45) is -3.88. The SMILES string of the molecule is [N-]=[N+]=NCCOC1(CO)OC(CO)C(O)C1O. The number of rotatable bonds is 6. The Hall–Kier alpha value is -0.930. The molecule has 98 valence electrons. The highest BCUT2D eigenvalue weighted by molar-refractivity contribution is 4.96. The van der Waals surface area contributed by atoms with Crippen molar-refractivity contribution in [3.8, 4) is 0 Å². The number of hydrogen-bond acceptors (Lipinski definition) is 7. The van der Waals surface area contributed by atoms with E-state index in [9.17, 15) is 10.2 Å². The lowest BCUT2D eigenvalue weighted by Crippen LogP contribution is -2.49. The van der Waals surface area contributed by atoms with Crippen molar-refractivity contribution in [2.45, 2.75) is 24.1 Å². The van der Waals surface area contributed by atoms with Crippen LogP contribution >= 0.6 is 0 Å². The highest BCUT2D eigenvalue weighted by Gasteiger charge is 2.54. The van der Waals surface area contributed by atoms with E-state index >= 15 is 0 Å². The molecule has 17 heavy (non-hydrogen) atoms. The van der Waals surface area contributed by atoms with Crippen LogP contribution in [-0.2, 0) is 9.47 Å². The monoisotopic (exact) mass is 249 g/mol. The Morgan fingerprint density at radius 3 is 2.59 bits per heavy atom. The largest absolute Gasteiger partial charge is 0.394 e. The third kappa shape index (κ3) is 2.85. The Morgan fingerprint density at radius 1 is 1.41 bits per heavy atom. The molecule has 0 aliphatic carbocycles. The molecule has 1 aliphatic heterocycles. The highest BCUT2D eigenvalue weighted by atomic mass is 16.7. The van der Waals surface area contributed by atoms with Crippen molar-refractivity contribution in [1.82, 2.24) is 0 Å². The summed E-state index contributed by atoms with van der Waals surface area (Å²) in [5.41, 5.74) is 8.05. The smallest absolute Gasteiger partial charge is 0.221 e. The number of ether oxygens (including phenoxy) is 2. The van der Waals surface area contributed by atoms with Crippen LogP contribution in [0.1, 0.15) is 0 Å². The third-order valence-corrected chi connectivity index (χ3v) is 2.51. The molecule has 0 bridgehead atoms. The molecule has 4 N–H and O–H groups in total. The summed E-state index contributed by atoms with van der Waals surface area (Å²) in [5.74, 6) is -1.79. The van der Waals surface area contributed by atoms with Crippen LogP contribution in [0.25, 0.3) is 10.4 Å². The predicted octanol–water partition coefficient (Wildman–Crippen LogP) is -1.89. The number of azide groups is 1. The van der Waals surface area contributed by atoms with Crippen LogP contribution in [0.15, 0.2) is 5.11 Å². The minimum atomic E-state index is -1.79. The summed E-state index contributed by atoms with van der Waals surface area (Å²) in [6, 6.07) is 0. The molecular formula is C8H15N3O6. The van der Waals surface area contributed by atoms with Crippen molar-refractivity contribution in [3.05, 3.63) is 10.4 Å². The van der Waals surface area contributed by atoms with Crippen molar-refractivity contribution >= 4 is 0 Å². The van der Waals surface area contributed by atoms with E-state index in [0.717, 1.165) is 0 Å². The van der Waals surface area contributed by atoms with Gasteiger partial charge in [0.05, 0.1) is 13.2 Å². The molecule has 1 saturated heterocycles. The van der Waals surface area contributed by atoms with E-state index in [0.29, 0.717) is 0 Å². The van der Waals surface area contributed by atoms with Gasteiger partial charge in [0.25, 0.3) is 0 Å². The fraction of sp³-hybridized carbons (Fsp3) is 1.00. The molecule has 0 amide bonds. The van der Waals surface area contributed by atoms with E-state index in [-0.39, 0.29) is 13.2 Å². The molecule has 1 heterocycles. The fourth-order valence-electron chi connectivity index (χ4n) is 1.60. The van der Waals surface area contributed by atoms with E-state index in [1.165, 1.54) is 0 Å². The lowest BCUT2D eigenvalue weighted by atomic mass is 10.1. The molecule has 9 nitrogen and oxygen atoms in total. The molecule has 4 unspecified atom stereocenters. The Kier molecular flexibility index (Phi) is 5.09. The predicted molar refractivity (Wildman–Crippen MR) is 53.8 cm³/mol. The zero-order valence-electron chi connectivity index (χ0n) is 9.01. The second-order valence-electron chi connectivity index (χ2n) is 3.55. The van der Waals surface area contributed by atoms with Gasteiger partial charge in [-0.1, -0.05) is 5.11 Å². The highest BCUT2D eigenvalue weighted by Crippen LogP contribution is 2.32. The van der Waals surface area contributed by atoms with Crippen LogP contribution < -0.4 is 0 Å². The summed E-state index contributed by atoms with van der Waals surface area (Å²) in [6.45, 7) is -1.31. The van der Waals surface area contributed by atoms with Gasteiger partial charge in [0, 0.05) is 11.5 Å². The molecule has 0 aromatic rings. The first-order valence-electron chi connectivity index (χ1n) is 5.01. The molecule has 9 heteroatoms. The van der Waals surface area contributed by atoms with Crippen molar-refractivity contribution in [2.24, 2.45) is 5.11 Å².